The Labute approximate surface area is 141 Å². The molecular formula is C18H15FNO3S-. The molecule has 0 bridgehead atoms. The van der Waals surface area contributed by atoms with Crippen molar-refractivity contribution >= 4 is 27.7 Å². The number of halogens is 1. The number of carbonyl (C=O) groups excluding carboxylic acids is 1. The molecule has 0 spiro atoms. The maximum Gasteiger partial charge on any atom is 0.339 e. The number of ether oxygens (including phenoxy) is 1. The number of cyclic esters (lactones) is 1. The largest absolute Gasteiger partial charge is 0.457 e. The van der Waals surface area contributed by atoms with Crippen molar-refractivity contribution in [3.8, 4) is 0 Å². The minimum absolute atomic E-state index is 0.0330. The molecule has 1 heterocycles. The Balaban J connectivity index is 2.29. The Morgan fingerprint density at radius 1 is 1.12 bits per heavy atom. The molecule has 1 aliphatic rings. The number of rotatable bonds is 3. The molecule has 0 radical (unpaired) electrons. The molecule has 0 saturated heterocycles. The van der Waals surface area contributed by atoms with E-state index in [9.17, 15) is 13.4 Å². The first-order valence-electron chi connectivity index (χ1n) is 7.30. The summed E-state index contributed by atoms with van der Waals surface area (Å²) >= 11 is 0. The van der Waals surface area contributed by atoms with Crippen molar-refractivity contribution in [1.29, 1.82) is 4.78 Å². The second-order valence-corrected chi connectivity index (χ2v) is 6.58. The fraction of sp³-hybridized carbons (Fsp3) is 0.167. The van der Waals surface area contributed by atoms with Gasteiger partial charge in [0, 0.05) is 5.57 Å². The smallest absolute Gasteiger partial charge is 0.339 e. The maximum atomic E-state index is 14.4. The van der Waals surface area contributed by atoms with Gasteiger partial charge in [0.15, 0.2) is 0 Å². The highest BCUT2D eigenvalue weighted by molar-refractivity contribution is 7.73. The van der Waals surface area contributed by atoms with Crippen LogP contribution in [0.5, 0.6) is 0 Å². The predicted molar refractivity (Wildman–Crippen MR) is 89.1 cm³/mol. The van der Waals surface area contributed by atoms with Gasteiger partial charge in [-0.1, -0.05) is 46.9 Å². The second kappa shape index (κ2) is 6.20. The van der Waals surface area contributed by atoms with E-state index in [1.54, 1.807) is 31.2 Å². The lowest BCUT2D eigenvalue weighted by atomic mass is 9.95. The summed E-state index contributed by atoms with van der Waals surface area (Å²) in [4.78, 5) is 12.0. The Bertz CT molecular complexity index is 935. The summed E-state index contributed by atoms with van der Waals surface area (Å²) in [5, 5.41) is 0. The highest BCUT2D eigenvalue weighted by Gasteiger charge is 2.28. The molecule has 2 aromatic carbocycles. The number of benzene rings is 2. The van der Waals surface area contributed by atoms with Crippen molar-refractivity contribution in [2.45, 2.75) is 18.7 Å². The molecule has 0 atom stereocenters. The van der Waals surface area contributed by atoms with Crippen molar-refractivity contribution in [2.75, 3.05) is 6.61 Å². The van der Waals surface area contributed by atoms with Crippen LogP contribution in [0.3, 0.4) is 0 Å². The first-order valence-corrected chi connectivity index (χ1v) is 8.45. The zero-order chi connectivity index (χ0) is 17.4. The molecule has 4 nitrogen and oxygen atoms in total. The van der Waals surface area contributed by atoms with Crippen LogP contribution in [0.15, 0.2) is 41.3 Å². The molecule has 1 aliphatic heterocycles. The first-order chi connectivity index (χ1) is 11.4. The molecular weight excluding hydrogens is 329 g/mol. The zero-order valence-electron chi connectivity index (χ0n) is 13.2. The average molecular weight is 344 g/mol. The number of carbonyl (C=O) groups is 1. The molecule has 0 unspecified atom stereocenters. The van der Waals surface area contributed by atoms with Gasteiger partial charge in [0.1, 0.15) is 12.4 Å². The van der Waals surface area contributed by atoms with E-state index >= 15 is 0 Å². The Morgan fingerprint density at radius 3 is 2.42 bits per heavy atom. The number of hydrogen-bond acceptors (Lipinski definition) is 5. The quantitative estimate of drug-likeness (QED) is 0.676. The Kier molecular flexibility index (Phi) is 4.24. The molecule has 0 aliphatic carbocycles. The van der Waals surface area contributed by atoms with Crippen LogP contribution in [0.1, 0.15) is 22.3 Å². The third kappa shape index (κ3) is 2.73. The standard InChI is InChI=1S/C18H15FNO3S/c1-10-3-6-12(7-4-10)15-14(9-23-18(15)21)13-8-5-11(2)16(19)17(13)24(20)22/h3-8,20H,9H2,1-2H3/q-1. The third-order valence-corrected chi connectivity index (χ3v) is 4.76. The van der Waals surface area contributed by atoms with Crippen LogP contribution in [0, 0.1) is 24.4 Å². The van der Waals surface area contributed by atoms with Gasteiger partial charge in [-0.25, -0.2) is 9.18 Å². The summed E-state index contributed by atoms with van der Waals surface area (Å²) < 4.78 is 38.8. The van der Waals surface area contributed by atoms with Gasteiger partial charge in [-0.2, -0.15) is 10.6 Å². The monoisotopic (exact) mass is 344 g/mol. The van der Waals surface area contributed by atoms with Crippen LogP contribution in [-0.2, 0) is 24.3 Å². The number of aryl methyl sites for hydroxylation is 2. The fourth-order valence-corrected chi connectivity index (χ4v) is 3.42. The van der Waals surface area contributed by atoms with Crippen LogP contribution in [0.25, 0.3) is 11.1 Å². The van der Waals surface area contributed by atoms with Crippen LogP contribution in [-0.4, -0.2) is 12.6 Å². The van der Waals surface area contributed by atoms with Crippen molar-refractivity contribution in [1.82, 2.24) is 0 Å². The van der Waals surface area contributed by atoms with Crippen LogP contribution < -0.4 is 0 Å². The van der Waals surface area contributed by atoms with E-state index in [-0.39, 0.29) is 17.1 Å². The third-order valence-electron chi connectivity index (χ3n) is 3.99. The van der Waals surface area contributed by atoms with Gasteiger partial charge in [-0.3, -0.25) is 0 Å². The topological polar surface area (TPSA) is 67.2 Å². The van der Waals surface area contributed by atoms with Gasteiger partial charge in [0.25, 0.3) is 0 Å². The van der Waals surface area contributed by atoms with Crippen molar-refractivity contribution < 1.29 is 18.1 Å². The summed E-state index contributed by atoms with van der Waals surface area (Å²) in [6.45, 7) is 3.44. The molecule has 24 heavy (non-hydrogen) atoms. The van der Waals surface area contributed by atoms with E-state index in [1.807, 2.05) is 19.1 Å². The number of esters is 1. The minimum Gasteiger partial charge on any atom is -0.457 e. The molecule has 0 amide bonds. The van der Waals surface area contributed by atoms with E-state index in [4.69, 9.17) is 9.52 Å². The molecule has 2 aromatic rings. The zero-order valence-corrected chi connectivity index (χ0v) is 14.0. The van der Waals surface area contributed by atoms with Crippen LogP contribution in [0.4, 0.5) is 4.39 Å². The van der Waals surface area contributed by atoms with Gasteiger partial charge in [-0.15, -0.1) is 0 Å². The van der Waals surface area contributed by atoms with Crippen molar-refractivity contribution in [2.24, 2.45) is 0 Å². The van der Waals surface area contributed by atoms with E-state index in [0.717, 1.165) is 5.56 Å². The summed E-state index contributed by atoms with van der Waals surface area (Å²) in [6.07, 6.45) is 0. The van der Waals surface area contributed by atoms with Crippen LogP contribution in [0.2, 0.25) is 0 Å². The molecule has 124 valence electrons. The molecule has 0 fully saturated rings. The van der Waals surface area contributed by atoms with E-state index in [2.05, 4.69) is 0 Å². The summed E-state index contributed by atoms with van der Waals surface area (Å²) in [7, 11) is -2.27. The van der Waals surface area contributed by atoms with Gasteiger partial charge in [-0.05, 0) is 30.5 Å². The molecule has 1 N–H and O–H groups in total. The van der Waals surface area contributed by atoms with E-state index < -0.39 is 22.4 Å². The first kappa shape index (κ1) is 16.4. The summed E-state index contributed by atoms with van der Waals surface area (Å²) in [6, 6.07) is 10.4. The Morgan fingerprint density at radius 2 is 1.79 bits per heavy atom. The normalized spacial score (nSPS) is 14.4. The van der Waals surface area contributed by atoms with Gasteiger partial charge in [0.05, 0.1) is 5.57 Å². The molecule has 6 heteroatoms. The maximum absolute atomic E-state index is 14.4. The SMILES string of the molecule is Cc1ccc(C2=C(c3ccc(C)c(F)c3[S-](=N)=O)COC2=O)cc1. The highest BCUT2D eigenvalue weighted by atomic mass is 32.2. The molecule has 0 saturated carbocycles. The van der Waals surface area contributed by atoms with Gasteiger partial charge in [0.2, 0.25) is 0 Å². The number of nitrogens with one attached hydrogen (secondary N) is 1. The minimum atomic E-state index is -2.27. The summed E-state index contributed by atoms with van der Waals surface area (Å²) in [5.41, 5.74) is 3.07. The lowest BCUT2D eigenvalue weighted by molar-refractivity contribution is -0.133. The van der Waals surface area contributed by atoms with E-state index in [0.29, 0.717) is 22.3 Å². The lowest BCUT2D eigenvalue weighted by Crippen LogP contribution is -2.00. The lowest BCUT2D eigenvalue weighted by Gasteiger charge is -2.15. The van der Waals surface area contributed by atoms with Crippen LogP contribution >= 0.6 is 0 Å². The van der Waals surface area contributed by atoms with Gasteiger partial charge < -0.3 is 13.7 Å². The fourth-order valence-electron chi connectivity index (χ4n) is 2.70. The predicted octanol–water partition coefficient (Wildman–Crippen LogP) is 4.00. The summed E-state index contributed by atoms with van der Waals surface area (Å²) in [5.74, 6) is -1.19. The highest BCUT2D eigenvalue weighted by Crippen LogP contribution is 2.36. The average Bonchev–Trinajstić information content (AvgIpc) is 2.92. The second-order valence-electron chi connectivity index (χ2n) is 5.64. The number of hydrogen-bond donors (Lipinski definition) is 1. The molecule has 3 rings (SSSR count). The van der Waals surface area contributed by atoms with Gasteiger partial charge >= 0.3 is 5.97 Å². The van der Waals surface area contributed by atoms with Crippen molar-refractivity contribution in [3.63, 3.8) is 0 Å². The Hall–Kier alpha value is -2.47. The molecule has 0 aromatic heterocycles. The van der Waals surface area contributed by atoms with E-state index in [1.165, 1.54) is 0 Å². The van der Waals surface area contributed by atoms with Crippen molar-refractivity contribution in [3.05, 3.63) is 64.5 Å².